The molecule has 0 aliphatic rings. The highest BCUT2D eigenvalue weighted by atomic mass is 79.9. The summed E-state index contributed by atoms with van der Waals surface area (Å²) >= 11 is 6.85. The molecule has 146 valence electrons. The molecule has 0 saturated carbocycles. The summed E-state index contributed by atoms with van der Waals surface area (Å²) in [6, 6.07) is 9.88. The quantitative estimate of drug-likeness (QED) is 0.473. The SMILES string of the molecule is Cc1cc(COc2c(Br)cc(CC(F)C(=O)O)cc2Br)cc(NC(C)C)c1. The van der Waals surface area contributed by atoms with Crippen molar-refractivity contribution in [1.82, 2.24) is 0 Å². The molecular formula is C20H22Br2FNO3. The smallest absolute Gasteiger partial charge is 0.338 e. The summed E-state index contributed by atoms with van der Waals surface area (Å²) in [5.41, 5.74) is 3.76. The van der Waals surface area contributed by atoms with E-state index in [2.05, 4.69) is 63.2 Å². The third-order valence-corrected chi connectivity index (χ3v) is 4.89. The lowest BCUT2D eigenvalue weighted by Gasteiger charge is -2.15. The monoisotopic (exact) mass is 501 g/mol. The lowest BCUT2D eigenvalue weighted by molar-refractivity contribution is -0.142. The van der Waals surface area contributed by atoms with Gasteiger partial charge in [-0.1, -0.05) is 6.07 Å². The van der Waals surface area contributed by atoms with Gasteiger partial charge in [0.25, 0.3) is 0 Å². The fraction of sp³-hybridized carbons (Fsp3) is 0.350. The summed E-state index contributed by atoms with van der Waals surface area (Å²) in [7, 11) is 0. The minimum absolute atomic E-state index is 0.199. The van der Waals surface area contributed by atoms with Crippen LogP contribution < -0.4 is 10.1 Å². The number of benzene rings is 2. The highest BCUT2D eigenvalue weighted by molar-refractivity contribution is 9.11. The average Bonchev–Trinajstić information content (AvgIpc) is 2.52. The molecule has 0 radical (unpaired) electrons. The lowest BCUT2D eigenvalue weighted by atomic mass is 10.1. The molecule has 0 aromatic heterocycles. The first-order chi connectivity index (χ1) is 12.7. The van der Waals surface area contributed by atoms with Crippen molar-refractivity contribution in [1.29, 1.82) is 0 Å². The minimum Gasteiger partial charge on any atom is -0.487 e. The van der Waals surface area contributed by atoms with Crippen LogP contribution in [0.1, 0.15) is 30.5 Å². The fourth-order valence-electron chi connectivity index (χ4n) is 2.68. The van der Waals surface area contributed by atoms with Gasteiger partial charge in [0.2, 0.25) is 6.17 Å². The number of carbonyl (C=O) groups is 1. The van der Waals surface area contributed by atoms with Crippen LogP contribution in [0.2, 0.25) is 0 Å². The van der Waals surface area contributed by atoms with Gasteiger partial charge in [0.05, 0.1) is 8.95 Å². The summed E-state index contributed by atoms with van der Waals surface area (Å²) in [5.74, 6) is -0.878. The molecule has 0 heterocycles. The second kappa shape index (κ2) is 9.55. The summed E-state index contributed by atoms with van der Waals surface area (Å²) in [6.45, 7) is 6.57. The molecular weight excluding hydrogens is 481 g/mol. The largest absolute Gasteiger partial charge is 0.487 e. The second-order valence-corrected chi connectivity index (χ2v) is 8.40. The van der Waals surface area contributed by atoms with Crippen molar-refractivity contribution in [3.8, 4) is 5.75 Å². The van der Waals surface area contributed by atoms with E-state index in [9.17, 15) is 9.18 Å². The van der Waals surface area contributed by atoms with E-state index in [1.165, 1.54) is 0 Å². The molecule has 4 nitrogen and oxygen atoms in total. The Morgan fingerprint density at radius 2 is 1.78 bits per heavy atom. The predicted octanol–water partition coefficient (Wildman–Crippen LogP) is 5.88. The highest BCUT2D eigenvalue weighted by Gasteiger charge is 2.18. The maximum Gasteiger partial charge on any atom is 0.338 e. The minimum atomic E-state index is -1.94. The van der Waals surface area contributed by atoms with Gasteiger partial charge in [0, 0.05) is 18.2 Å². The molecule has 0 spiro atoms. The number of carboxylic acids is 1. The van der Waals surface area contributed by atoms with E-state index >= 15 is 0 Å². The number of aryl methyl sites for hydroxylation is 1. The molecule has 1 unspecified atom stereocenters. The summed E-state index contributed by atoms with van der Waals surface area (Å²) in [6.07, 6.45) is -2.13. The van der Waals surface area contributed by atoms with E-state index in [-0.39, 0.29) is 6.42 Å². The van der Waals surface area contributed by atoms with E-state index < -0.39 is 12.1 Å². The molecule has 1 atom stereocenters. The van der Waals surface area contributed by atoms with Crippen LogP contribution in [0.15, 0.2) is 39.3 Å². The molecule has 2 aromatic rings. The number of carboxylic acid groups (broad SMARTS) is 1. The molecule has 2 rings (SSSR count). The molecule has 7 heteroatoms. The Balaban J connectivity index is 2.14. The van der Waals surface area contributed by atoms with Crippen LogP contribution in [0.25, 0.3) is 0 Å². The zero-order valence-electron chi connectivity index (χ0n) is 15.4. The van der Waals surface area contributed by atoms with Crippen molar-refractivity contribution in [3.05, 3.63) is 56.0 Å². The van der Waals surface area contributed by atoms with Gasteiger partial charge in [-0.2, -0.15) is 0 Å². The number of anilines is 1. The normalized spacial score (nSPS) is 12.1. The molecule has 0 amide bonds. The number of aliphatic carboxylic acids is 1. The Kier molecular flexibility index (Phi) is 7.68. The molecule has 0 saturated heterocycles. The number of nitrogens with one attached hydrogen (secondary N) is 1. The first-order valence-electron chi connectivity index (χ1n) is 8.50. The lowest BCUT2D eigenvalue weighted by Crippen LogP contribution is -2.17. The van der Waals surface area contributed by atoms with Gasteiger partial charge in [0.15, 0.2) is 0 Å². The standard InChI is InChI=1S/C20H22Br2FNO3/c1-11(2)24-15-5-12(3)4-14(6-15)10-27-19-16(21)7-13(8-17(19)22)9-18(23)20(25)26/h4-8,11,18,24H,9-10H2,1-3H3,(H,25,26). The van der Waals surface area contributed by atoms with Crippen LogP contribution in [0.3, 0.4) is 0 Å². The van der Waals surface area contributed by atoms with E-state index in [1.54, 1.807) is 12.1 Å². The van der Waals surface area contributed by atoms with Gasteiger partial charge >= 0.3 is 5.97 Å². The van der Waals surface area contributed by atoms with Gasteiger partial charge < -0.3 is 15.2 Å². The summed E-state index contributed by atoms with van der Waals surface area (Å²) in [4.78, 5) is 10.7. The Morgan fingerprint density at radius 1 is 1.15 bits per heavy atom. The van der Waals surface area contributed by atoms with Gasteiger partial charge in [-0.15, -0.1) is 0 Å². The van der Waals surface area contributed by atoms with E-state index in [4.69, 9.17) is 9.84 Å². The van der Waals surface area contributed by atoms with Crippen molar-refractivity contribution < 1.29 is 19.0 Å². The Labute approximate surface area is 175 Å². The average molecular weight is 503 g/mol. The number of hydrogen-bond donors (Lipinski definition) is 2. The molecule has 2 N–H and O–H groups in total. The van der Waals surface area contributed by atoms with Crippen molar-refractivity contribution in [2.45, 2.75) is 46.0 Å². The van der Waals surface area contributed by atoms with Crippen LogP contribution in [0.5, 0.6) is 5.75 Å². The Hall–Kier alpha value is -1.60. The maximum absolute atomic E-state index is 13.4. The number of halogens is 3. The Bertz CT molecular complexity index is 804. The van der Waals surface area contributed by atoms with Gasteiger partial charge in [0.1, 0.15) is 12.4 Å². The van der Waals surface area contributed by atoms with Crippen LogP contribution >= 0.6 is 31.9 Å². The van der Waals surface area contributed by atoms with E-state index in [0.717, 1.165) is 16.8 Å². The topological polar surface area (TPSA) is 58.6 Å². The zero-order valence-corrected chi connectivity index (χ0v) is 18.5. The first kappa shape index (κ1) is 21.7. The number of rotatable bonds is 8. The third-order valence-electron chi connectivity index (χ3n) is 3.72. The van der Waals surface area contributed by atoms with Crippen molar-refractivity contribution in [2.24, 2.45) is 0 Å². The van der Waals surface area contributed by atoms with Crippen LogP contribution in [-0.4, -0.2) is 23.3 Å². The van der Waals surface area contributed by atoms with Crippen LogP contribution in [0.4, 0.5) is 10.1 Å². The van der Waals surface area contributed by atoms with Crippen LogP contribution in [0, 0.1) is 6.92 Å². The van der Waals surface area contributed by atoms with Gasteiger partial charge in [-0.3, -0.25) is 0 Å². The maximum atomic E-state index is 13.4. The number of hydrogen-bond acceptors (Lipinski definition) is 3. The van der Waals surface area contributed by atoms with Crippen LogP contribution in [-0.2, 0) is 17.8 Å². The number of ether oxygens (including phenoxy) is 1. The van der Waals surface area contributed by atoms with Crippen molar-refractivity contribution in [2.75, 3.05) is 5.32 Å². The highest BCUT2D eigenvalue weighted by Crippen LogP contribution is 2.36. The molecule has 0 fully saturated rings. The number of alkyl halides is 1. The zero-order chi connectivity index (χ0) is 20.1. The predicted molar refractivity (Wildman–Crippen MR) is 112 cm³/mol. The fourth-order valence-corrected chi connectivity index (χ4v) is 4.19. The second-order valence-electron chi connectivity index (χ2n) is 6.69. The first-order valence-corrected chi connectivity index (χ1v) is 10.1. The van der Waals surface area contributed by atoms with Crippen molar-refractivity contribution >= 4 is 43.5 Å². The summed E-state index contributed by atoms with van der Waals surface area (Å²) < 4.78 is 20.7. The van der Waals surface area contributed by atoms with Crippen molar-refractivity contribution in [3.63, 3.8) is 0 Å². The molecule has 0 aliphatic heterocycles. The third kappa shape index (κ3) is 6.50. The Morgan fingerprint density at radius 3 is 2.33 bits per heavy atom. The van der Waals surface area contributed by atoms with Gasteiger partial charge in [-0.05, 0) is 93.6 Å². The molecule has 0 bridgehead atoms. The summed E-state index contributed by atoms with van der Waals surface area (Å²) in [5, 5.41) is 12.1. The molecule has 0 aliphatic carbocycles. The van der Waals surface area contributed by atoms with Gasteiger partial charge in [-0.25, -0.2) is 9.18 Å². The molecule has 27 heavy (non-hydrogen) atoms. The van der Waals surface area contributed by atoms with E-state index in [0.29, 0.717) is 32.9 Å². The van der Waals surface area contributed by atoms with E-state index in [1.807, 2.05) is 13.0 Å². The molecule has 2 aromatic carbocycles.